The summed E-state index contributed by atoms with van der Waals surface area (Å²) in [5.41, 5.74) is 1.07. The number of aromatic nitrogens is 3. The van der Waals surface area contributed by atoms with Gasteiger partial charge in [-0.1, -0.05) is 17.8 Å². The van der Waals surface area contributed by atoms with Gasteiger partial charge in [-0.25, -0.2) is 9.78 Å². The lowest BCUT2D eigenvalue weighted by molar-refractivity contribution is -0.118. The zero-order valence-corrected chi connectivity index (χ0v) is 12.6. The van der Waals surface area contributed by atoms with Crippen molar-refractivity contribution in [2.75, 3.05) is 26.0 Å². The number of nitrogens with one attached hydrogen (secondary N) is 1. The zero-order chi connectivity index (χ0) is 15.2. The summed E-state index contributed by atoms with van der Waals surface area (Å²) in [4.78, 5) is 31.6. The number of hydrogen-bond donors (Lipinski definition) is 1. The molecule has 0 saturated heterocycles. The number of ether oxygens (including phenoxy) is 1. The number of carbonyl (C=O) groups excluding carboxylic acids is 1. The predicted octanol–water partition coefficient (Wildman–Crippen LogP) is 0.253. The highest BCUT2D eigenvalue weighted by Crippen LogP contribution is 2.11. The van der Waals surface area contributed by atoms with E-state index in [-0.39, 0.29) is 11.7 Å². The van der Waals surface area contributed by atoms with E-state index in [1.165, 1.54) is 4.40 Å². The molecule has 2 aromatic heterocycles. The Morgan fingerprint density at radius 2 is 2.24 bits per heavy atom. The smallest absolute Gasteiger partial charge is 0.355 e. The van der Waals surface area contributed by atoms with Crippen molar-refractivity contribution in [1.29, 1.82) is 0 Å². The molecule has 0 radical (unpaired) electrons. The average Bonchev–Trinajstić information content (AvgIpc) is 2.46. The van der Waals surface area contributed by atoms with E-state index in [1.807, 2.05) is 13.0 Å². The highest BCUT2D eigenvalue weighted by molar-refractivity contribution is 7.99. The molecule has 0 atom stereocenters. The monoisotopic (exact) mass is 308 g/mol. The highest BCUT2D eigenvalue weighted by atomic mass is 32.2. The van der Waals surface area contributed by atoms with E-state index < -0.39 is 5.69 Å². The molecular weight excluding hydrogens is 292 g/mol. The molecule has 0 unspecified atom stereocenters. The van der Waals surface area contributed by atoms with Gasteiger partial charge in [0.05, 0.1) is 12.4 Å². The third kappa shape index (κ3) is 4.27. The molecule has 1 N–H and O–H groups in total. The number of carbonyl (C=O) groups is 1. The predicted molar refractivity (Wildman–Crippen MR) is 79.6 cm³/mol. The molecule has 0 aromatic carbocycles. The maximum atomic E-state index is 11.9. The van der Waals surface area contributed by atoms with Crippen LogP contribution in [0.3, 0.4) is 0 Å². The fourth-order valence-corrected chi connectivity index (χ4v) is 2.30. The summed E-state index contributed by atoms with van der Waals surface area (Å²) in [7, 11) is 1.57. The van der Waals surface area contributed by atoms with Crippen molar-refractivity contribution in [3.8, 4) is 0 Å². The van der Waals surface area contributed by atoms with Crippen LogP contribution >= 0.6 is 11.8 Å². The van der Waals surface area contributed by atoms with Crippen molar-refractivity contribution < 1.29 is 9.53 Å². The van der Waals surface area contributed by atoms with Gasteiger partial charge in [-0.3, -0.25) is 9.20 Å². The van der Waals surface area contributed by atoms with Gasteiger partial charge < -0.3 is 10.1 Å². The minimum absolute atomic E-state index is 0.148. The minimum atomic E-state index is -0.397. The van der Waals surface area contributed by atoms with Crippen LogP contribution < -0.4 is 11.0 Å². The van der Waals surface area contributed by atoms with E-state index in [0.717, 1.165) is 17.3 Å². The van der Waals surface area contributed by atoms with Crippen molar-refractivity contribution in [2.45, 2.75) is 12.1 Å². The van der Waals surface area contributed by atoms with E-state index in [1.54, 1.807) is 19.4 Å². The van der Waals surface area contributed by atoms with Crippen LogP contribution in [-0.2, 0) is 9.53 Å². The lowest BCUT2D eigenvalue weighted by Gasteiger charge is -2.05. The van der Waals surface area contributed by atoms with Gasteiger partial charge in [-0.05, 0) is 18.6 Å². The Hall–Kier alpha value is -1.93. The molecule has 0 bridgehead atoms. The van der Waals surface area contributed by atoms with Crippen LogP contribution in [-0.4, -0.2) is 46.3 Å². The lowest BCUT2D eigenvalue weighted by atomic mass is 10.3. The van der Waals surface area contributed by atoms with Crippen molar-refractivity contribution in [3.05, 3.63) is 34.4 Å². The molecule has 2 aromatic rings. The van der Waals surface area contributed by atoms with Crippen LogP contribution in [0.15, 0.2) is 28.3 Å². The molecule has 2 heterocycles. The van der Waals surface area contributed by atoms with Gasteiger partial charge in [0.1, 0.15) is 5.65 Å². The SMILES string of the molecule is COCCNC(=O)CSc1nc(=O)n2cc(C)ccc2n1. The van der Waals surface area contributed by atoms with Crippen molar-refractivity contribution in [1.82, 2.24) is 19.7 Å². The number of aryl methyl sites for hydroxylation is 1. The number of hydrogen-bond acceptors (Lipinski definition) is 6. The van der Waals surface area contributed by atoms with Gasteiger partial charge in [-0.2, -0.15) is 4.98 Å². The summed E-state index contributed by atoms with van der Waals surface area (Å²) < 4.78 is 6.23. The third-order valence-electron chi connectivity index (χ3n) is 2.64. The molecule has 0 aliphatic carbocycles. The van der Waals surface area contributed by atoms with E-state index in [4.69, 9.17) is 4.74 Å². The first-order chi connectivity index (χ1) is 10.1. The number of amides is 1. The lowest BCUT2D eigenvalue weighted by Crippen LogP contribution is -2.28. The Labute approximate surface area is 125 Å². The summed E-state index contributed by atoms with van der Waals surface area (Å²) in [6.07, 6.45) is 1.68. The number of methoxy groups -OCH3 is 1. The normalized spacial score (nSPS) is 10.8. The number of nitrogens with zero attached hydrogens (tertiary/aromatic N) is 3. The summed E-state index contributed by atoms with van der Waals surface area (Å²) in [6.45, 7) is 2.80. The first-order valence-corrected chi connectivity index (χ1v) is 7.34. The number of pyridine rings is 1. The van der Waals surface area contributed by atoms with E-state index in [0.29, 0.717) is 24.0 Å². The fourth-order valence-electron chi connectivity index (χ4n) is 1.64. The fraction of sp³-hybridized carbons (Fsp3) is 0.385. The Bertz CT molecular complexity index is 701. The molecule has 0 spiro atoms. The largest absolute Gasteiger partial charge is 0.383 e. The second kappa shape index (κ2) is 7.19. The van der Waals surface area contributed by atoms with E-state index >= 15 is 0 Å². The van der Waals surface area contributed by atoms with Crippen LogP contribution in [0.2, 0.25) is 0 Å². The maximum Gasteiger partial charge on any atom is 0.355 e. The average molecular weight is 308 g/mol. The van der Waals surface area contributed by atoms with E-state index in [9.17, 15) is 9.59 Å². The molecule has 0 saturated carbocycles. The second-order valence-corrected chi connectivity index (χ2v) is 5.30. The van der Waals surface area contributed by atoms with Crippen LogP contribution in [0.4, 0.5) is 0 Å². The zero-order valence-electron chi connectivity index (χ0n) is 11.8. The first-order valence-electron chi connectivity index (χ1n) is 6.35. The molecule has 2 rings (SSSR count). The van der Waals surface area contributed by atoms with Crippen LogP contribution in [0.25, 0.3) is 5.65 Å². The van der Waals surface area contributed by atoms with Gasteiger partial charge in [0.25, 0.3) is 0 Å². The second-order valence-electron chi connectivity index (χ2n) is 4.35. The Kier molecular flexibility index (Phi) is 5.29. The third-order valence-corrected chi connectivity index (χ3v) is 3.49. The summed E-state index contributed by atoms with van der Waals surface area (Å²) in [6, 6.07) is 3.62. The topological polar surface area (TPSA) is 85.6 Å². The van der Waals surface area contributed by atoms with Gasteiger partial charge in [0, 0.05) is 19.9 Å². The number of fused-ring (bicyclic) bond motifs is 1. The molecule has 7 nitrogen and oxygen atoms in total. The summed E-state index contributed by atoms with van der Waals surface area (Å²) >= 11 is 1.13. The molecule has 0 aliphatic heterocycles. The van der Waals surface area contributed by atoms with Gasteiger partial charge in [0.15, 0.2) is 5.16 Å². The summed E-state index contributed by atoms with van der Waals surface area (Å²) in [5, 5.41) is 2.99. The highest BCUT2D eigenvalue weighted by Gasteiger charge is 2.07. The Morgan fingerprint density at radius 3 is 3.00 bits per heavy atom. The summed E-state index contributed by atoms with van der Waals surface area (Å²) in [5.74, 6) is 0.00955. The Morgan fingerprint density at radius 1 is 1.43 bits per heavy atom. The molecule has 0 aliphatic rings. The van der Waals surface area contributed by atoms with Gasteiger partial charge in [-0.15, -0.1) is 0 Å². The molecule has 112 valence electrons. The quantitative estimate of drug-likeness (QED) is 0.608. The molecule has 21 heavy (non-hydrogen) atoms. The van der Waals surface area contributed by atoms with Gasteiger partial charge >= 0.3 is 5.69 Å². The Balaban J connectivity index is 2.04. The molecule has 1 amide bonds. The van der Waals surface area contributed by atoms with Gasteiger partial charge in [0.2, 0.25) is 5.91 Å². The molecule has 0 fully saturated rings. The number of thioether (sulfide) groups is 1. The minimum Gasteiger partial charge on any atom is -0.383 e. The van der Waals surface area contributed by atoms with Crippen LogP contribution in [0.5, 0.6) is 0 Å². The molecular formula is C13H16N4O3S. The van der Waals surface area contributed by atoms with Crippen molar-refractivity contribution >= 4 is 23.3 Å². The van der Waals surface area contributed by atoms with Crippen molar-refractivity contribution in [2.24, 2.45) is 0 Å². The standard InChI is InChI=1S/C13H16N4O3S/c1-9-3-4-10-15-12(16-13(19)17(10)7-9)21-8-11(18)14-5-6-20-2/h3-4,7H,5-6,8H2,1-2H3,(H,14,18). The maximum absolute atomic E-state index is 11.9. The van der Waals surface area contributed by atoms with Crippen LogP contribution in [0, 0.1) is 6.92 Å². The van der Waals surface area contributed by atoms with Crippen molar-refractivity contribution in [3.63, 3.8) is 0 Å². The number of rotatable bonds is 6. The first kappa shape index (κ1) is 15.5. The van der Waals surface area contributed by atoms with E-state index in [2.05, 4.69) is 15.3 Å². The van der Waals surface area contributed by atoms with Crippen LogP contribution in [0.1, 0.15) is 5.56 Å². The molecule has 8 heteroatoms.